The van der Waals surface area contributed by atoms with Crippen LogP contribution in [-0.2, 0) is 0 Å². The van der Waals surface area contributed by atoms with Gasteiger partial charge >= 0.3 is 0 Å². The first kappa shape index (κ1) is 13.0. The van der Waals surface area contributed by atoms with Crippen molar-refractivity contribution in [1.29, 1.82) is 0 Å². The van der Waals surface area contributed by atoms with E-state index in [0.29, 0.717) is 11.1 Å². The van der Waals surface area contributed by atoms with Gasteiger partial charge in [0.25, 0.3) is 0 Å². The fourth-order valence-corrected chi connectivity index (χ4v) is 5.40. The lowest BCUT2D eigenvalue weighted by Crippen LogP contribution is -2.54. The van der Waals surface area contributed by atoms with Crippen LogP contribution in [0.5, 0.6) is 0 Å². The third-order valence-corrected chi connectivity index (χ3v) is 6.20. The lowest BCUT2D eigenvalue weighted by molar-refractivity contribution is 0.149. The molecule has 1 nitrogen and oxygen atoms in total. The largest absolute Gasteiger partial charge is 0.305 e. The zero-order valence-corrected chi connectivity index (χ0v) is 12.4. The molecule has 0 amide bonds. The fourth-order valence-electron chi connectivity index (χ4n) is 5.40. The van der Waals surface area contributed by atoms with E-state index in [-0.39, 0.29) is 0 Å². The molecule has 3 rings (SSSR count). The van der Waals surface area contributed by atoms with Crippen LogP contribution >= 0.6 is 0 Å². The van der Waals surface area contributed by atoms with E-state index in [0.717, 1.165) is 11.8 Å². The second-order valence-electron chi connectivity index (χ2n) is 7.74. The summed E-state index contributed by atoms with van der Waals surface area (Å²) in [4.78, 5) is 0. The first-order valence-corrected chi connectivity index (χ1v) is 8.45. The molecule has 0 aromatic rings. The van der Waals surface area contributed by atoms with Crippen LogP contribution in [0, 0.1) is 11.8 Å². The van der Waals surface area contributed by atoms with Crippen LogP contribution < -0.4 is 5.32 Å². The molecule has 3 aliphatic rings. The highest BCUT2D eigenvalue weighted by molar-refractivity contribution is 5.12. The topological polar surface area (TPSA) is 12.0 Å². The number of hydrogen-bond donors (Lipinski definition) is 1. The number of hydrogen-bond acceptors (Lipinski definition) is 1. The minimum Gasteiger partial charge on any atom is -0.305 e. The Kier molecular flexibility index (Phi) is 3.47. The van der Waals surface area contributed by atoms with Crippen LogP contribution in [0.25, 0.3) is 0 Å². The molecule has 1 saturated heterocycles. The summed E-state index contributed by atoms with van der Waals surface area (Å²) in [5, 5.41) is 4.25. The van der Waals surface area contributed by atoms with Crippen molar-refractivity contribution in [1.82, 2.24) is 5.32 Å². The van der Waals surface area contributed by atoms with Crippen molar-refractivity contribution >= 4 is 0 Å². The molecule has 3 fully saturated rings. The molecule has 2 spiro atoms. The normalized spacial score (nSPS) is 34.5. The minimum absolute atomic E-state index is 0.532. The Balaban J connectivity index is 1.83. The van der Waals surface area contributed by atoms with E-state index in [1.807, 2.05) is 0 Å². The molecule has 0 aromatic heterocycles. The predicted octanol–water partition coefficient (Wildman–Crippen LogP) is 4.66. The fraction of sp³-hybridized carbons (Fsp3) is 1.00. The van der Waals surface area contributed by atoms with Crippen molar-refractivity contribution in [2.75, 3.05) is 0 Å². The van der Waals surface area contributed by atoms with Gasteiger partial charge in [0.05, 0.1) is 0 Å². The van der Waals surface area contributed by atoms with Gasteiger partial charge in [-0.25, -0.2) is 0 Å². The number of nitrogens with one attached hydrogen (secondary N) is 1. The summed E-state index contributed by atoms with van der Waals surface area (Å²) in [6.07, 6.45) is 16.1. The Hall–Kier alpha value is -0.0400. The molecule has 0 bridgehead atoms. The van der Waals surface area contributed by atoms with Crippen molar-refractivity contribution in [2.45, 2.75) is 95.6 Å². The van der Waals surface area contributed by atoms with E-state index < -0.39 is 0 Å². The lowest BCUT2D eigenvalue weighted by Gasteiger charge is -2.43. The molecule has 1 atom stereocenters. The van der Waals surface area contributed by atoms with Gasteiger partial charge < -0.3 is 5.32 Å². The van der Waals surface area contributed by atoms with Crippen molar-refractivity contribution in [3.8, 4) is 0 Å². The highest BCUT2D eigenvalue weighted by atomic mass is 15.1. The molecular formula is C17H31N. The molecule has 1 N–H and O–H groups in total. The molecule has 1 aliphatic heterocycles. The van der Waals surface area contributed by atoms with Crippen molar-refractivity contribution in [3.05, 3.63) is 0 Å². The molecule has 1 heterocycles. The van der Waals surface area contributed by atoms with E-state index in [1.54, 1.807) is 0 Å². The van der Waals surface area contributed by atoms with Crippen LogP contribution in [0.1, 0.15) is 84.5 Å². The molecule has 1 heteroatoms. The maximum absolute atomic E-state index is 4.25. The van der Waals surface area contributed by atoms with Crippen LogP contribution in [0.4, 0.5) is 0 Å². The smallest absolute Gasteiger partial charge is 0.0218 e. The molecule has 2 aliphatic carbocycles. The van der Waals surface area contributed by atoms with Gasteiger partial charge in [-0.05, 0) is 43.9 Å². The summed E-state index contributed by atoms with van der Waals surface area (Å²) in [6, 6.07) is 0. The summed E-state index contributed by atoms with van der Waals surface area (Å²) >= 11 is 0. The first-order chi connectivity index (χ1) is 8.66. The van der Waals surface area contributed by atoms with Gasteiger partial charge in [0.2, 0.25) is 0 Å². The monoisotopic (exact) mass is 249 g/mol. The van der Waals surface area contributed by atoms with Gasteiger partial charge in [-0.15, -0.1) is 0 Å². The second kappa shape index (κ2) is 4.81. The van der Waals surface area contributed by atoms with Crippen LogP contribution in [-0.4, -0.2) is 11.1 Å². The third-order valence-electron chi connectivity index (χ3n) is 6.20. The predicted molar refractivity (Wildman–Crippen MR) is 77.7 cm³/mol. The van der Waals surface area contributed by atoms with Gasteiger partial charge in [-0.1, -0.05) is 52.4 Å². The third kappa shape index (κ3) is 2.13. The van der Waals surface area contributed by atoms with E-state index in [1.165, 1.54) is 70.6 Å². The highest BCUT2D eigenvalue weighted by Gasteiger charge is 2.54. The molecule has 0 aromatic carbocycles. The maximum atomic E-state index is 4.25. The van der Waals surface area contributed by atoms with Crippen LogP contribution in [0.2, 0.25) is 0 Å². The minimum atomic E-state index is 0.532. The molecule has 1 unspecified atom stereocenters. The maximum Gasteiger partial charge on any atom is 0.0218 e. The van der Waals surface area contributed by atoms with Crippen LogP contribution in [0.3, 0.4) is 0 Å². The first-order valence-electron chi connectivity index (χ1n) is 8.45. The van der Waals surface area contributed by atoms with Gasteiger partial charge in [-0.3, -0.25) is 0 Å². The molecule has 18 heavy (non-hydrogen) atoms. The van der Waals surface area contributed by atoms with Crippen molar-refractivity contribution in [2.24, 2.45) is 11.8 Å². The van der Waals surface area contributed by atoms with E-state index in [2.05, 4.69) is 19.2 Å². The summed E-state index contributed by atoms with van der Waals surface area (Å²) < 4.78 is 0. The zero-order valence-electron chi connectivity index (χ0n) is 12.4. The summed E-state index contributed by atoms with van der Waals surface area (Å²) in [6.45, 7) is 4.93. The quantitative estimate of drug-likeness (QED) is 0.713. The van der Waals surface area contributed by atoms with Gasteiger partial charge in [-0.2, -0.15) is 0 Å². The Bertz CT molecular complexity index is 282. The van der Waals surface area contributed by atoms with Gasteiger partial charge in [0.1, 0.15) is 0 Å². The Morgan fingerprint density at radius 2 is 1.39 bits per heavy atom. The average molecular weight is 249 g/mol. The SMILES string of the molecule is CC(C)C1CC2(CCCCC2)NC12CCCCC2. The molecular weight excluding hydrogens is 218 g/mol. The Morgan fingerprint density at radius 1 is 0.833 bits per heavy atom. The molecule has 104 valence electrons. The van der Waals surface area contributed by atoms with Crippen molar-refractivity contribution < 1.29 is 0 Å². The Morgan fingerprint density at radius 3 is 1.94 bits per heavy atom. The zero-order chi connectivity index (χ0) is 12.6. The van der Waals surface area contributed by atoms with Crippen molar-refractivity contribution in [3.63, 3.8) is 0 Å². The van der Waals surface area contributed by atoms with Gasteiger partial charge in [0.15, 0.2) is 0 Å². The van der Waals surface area contributed by atoms with E-state index in [9.17, 15) is 0 Å². The summed E-state index contributed by atoms with van der Waals surface area (Å²) in [5.41, 5.74) is 1.08. The van der Waals surface area contributed by atoms with Gasteiger partial charge in [0, 0.05) is 11.1 Å². The molecule has 2 saturated carbocycles. The highest BCUT2D eigenvalue weighted by Crippen LogP contribution is 2.51. The Labute approximate surface area is 113 Å². The summed E-state index contributed by atoms with van der Waals surface area (Å²) in [5.74, 6) is 1.80. The number of rotatable bonds is 1. The second-order valence-corrected chi connectivity index (χ2v) is 7.74. The summed E-state index contributed by atoms with van der Waals surface area (Å²) in [7, 11) is 0. The van der Waals surface area contributed by atoms with E-state index >= 15 is 0 Å². The van der Waals surface area contributed by atoms with E-state index in [4.69, 9.17) is 0 Å². The lowest BCUT2D eigenvalue weighted by atomic mass is 9.69. The molecule has 0 radical (unpaired) electrons. The standard InChI is InChI=1S/C17H31N/c1-14(2)15-13-16(9-5-3-6-10-16)18-17(15)11-7-4-8-12-17/h14-15,18H,3-13H2,1-2H3. The average Bonchev–Trinajstić information content (AvgIpc) is 2.65. The van der Waals surface area contributed by atoms with Crippen LogP contribution in [0.15, 0.2) is 0 Å².